The molecule has 0 aliphatic heterocycles. The first-order valence-corrected chi connectivity index (χ1v) is 6.46. The number of benzene rings is 1. The fourth-order valence-corrected chi connectivity index (χ4v) is 1.75. The van der Waals surface area contributed by atoms with Crippen LogP contribution in [0.1, 0.15) is 19.0 Å². The molecular weight excluding hydrogens is 252 g/mol. The molecule has 1 heterocycles. The largest absolute Gasteiger partial charge is 0.509 e. The lowest BCUT2D eigenvalue weighted by atomic mass is 10.2. The number of aromatic nitrogens is 2. The maximum absolute atomic E-state index is 9.59. The van der Waals surface area contributed by atoms with E-state index in [9.17, 15) is 5.11 Å². The Bertz CT molecular complexity index is 623. The molecule has 0 aliphatic carbocycles. The van der Waals surface area contributed by atoms with Crippen molar-refractivity contribution in [3.63, 3.8) is 0 Å². The number of nitrogens with two attached hydrogens (primary N) is 1. The predicted molar refractivity (Wildman–Crippen MR) is 80.0 cm³/mol. The number of nitrogens with zero attached hydrogens (tertiary/aromatic N) is 2. The Morgan fingerprint density at radius 1 is 1.25 bits per heavy atom. The Hall–Kier alpha value is -2.56. The highest BCUT2D eigenvalue weighted by Crippen LogP contribution is 2.18. The number of rotatable bonds is 4. The molecule has 4 N–H and O–H groups in total. The van der Waals surface area contributed by atoms with Crippen molar-refractivity contribution in [1.82, 2.24) is 9.97 Å². The molecule has 0 fully saturated rings. The first-order valence-electron chi connectivity index (χ1n) is 6.46. The van der Waals surface area contributed by atoms with E-state index in [0.29, 0.717) is 18.1 Å². The van der Waals surface area contributed by atoms with Crippen LogP contribution < -0.4 is 11.1 Å². The van der Waals surface area contributed by atoms with Crippen LogP contribution in [0.3, 0.4) is 0 Å². The summed E-state index contributed by atoms with van der Waals surface area (Å²) in [5, 5.41) is 12.5. The summed E-state index contributed by atoms with van der Waals surface area (Å²) in [6.45, 7) is 3.71. The molecule has 0 unspecified atom stereocenters. The van der Waals surface area contributed by atoms with Gasteiger partial charge in [0.25, 0.3) is 0 Å². The number of allylic oxidation sites excluding steroid dienone is 1. The van der Waals surface area contributed by atoms with Crippen molar-refractivity contribution < 1.29 is 5.11 Å². The summed E-state index contributed by atoms with van der Waals surface area (Å²) in [4.78, 5) is 8.82. The molecule has 0 atom stereocenters. The van der Waals surface area contributed by atoms with Gasteiger partial charge in [-0.15, -0.1) is 0 Å². The molecular formula is C15H18N4O. The summed E-state index contributed by atoms with van der Waals surface area (Å²) in [5.41, 5.74) is 7.51. The number of aliphatic hydroxyl groups excluding tert-OH is 1. The molecule has 2 aromatic rings. The molecule has 0 spiro atoms. The lowest BCUT2D eigenvalue weighted by molar-refractivity contribution is 0.387. The molecule has 0 radical (unpaired) electrons. The minimum atomic E-state index is 0.113. The monoisotopic (exact) mass is 270 g/mol. The standard InChI is InChI=1S/C15H18N4O/c1-3-12(20)14(16)18-13-9-10(2)17-15(19-13)11-7-5-4-6-8-11/h4-9,20H,3,16H2,1-2H3,(H,17,18,19)/b14-12+. The van der Waals surface area contributed by atoms with E-state index < -0.39 is 0 Å². The second-order valence-corrected chi connectivity index (χ2v) is 4.42. The van der Waals surface area contributed by atoms with Crippen LogP contribution in [0.5, 0.6) is 0 Å². The number of aryl methyl sites for hydroxylation is 1. The fourth-order valence-electron chi connectivity index (χ4n) is 1.75. The van der Waals surface area contributed by atoms with Crippen LogP contribution in [0.2, 0.25) is 0 Å². The summed E-state index contributed by atoms with van der Waals surface area (Å²) in [6.07, 6.45) is 0.467. The van der Waals surface area contributed by atoms with Crippen molar-refractivity contribution in [2.45, 2.75) is 20.3 Å². The van der Waals surface area contributed by atoms with Gasteiger partial charge in [-0.1, -0.05) is 37.3 Å². The minimum absolute atomic E-state index is 0.113. The van der Waals surface area contributed by atoms with Crippen molar-refractivity contribution in [1.29, 1.82) is 0 Å². The fraction of sp³-hybridized carbons (Fsp3) is 0.200. The second kappa shape index (κ2) is 6.06. The Labute approximate surface area is 118 Å². The van der Waals surface area contributed by atoms with Crippen LogP contribution in [0, 0.1) is 6.92 Å². The molecule has 0 amide bonds. The average Bonchev–Trinajstić information content (AvgIpc) is 2.46. The van der Waals surface area contributed by atoms with Crippen LogP contribution in [0.25, 0.3) is 11.4 Å². The summed E-state index contributed by atoms with van der Waals surface area (Å²) in [7, 11) is 0. The van der Waals surface area contributed by atoms with E-state index in [0.717, 1.165) is 11.3 Å². The zero-order valence-electron chi connectivity index (χ0n) is 11.6. The van der Waals surface area contributed by atoms with E-state index in [1.165, 1.54) is 0 Å². The van der Waals surface area contributed by atoms with Gasteiger partial charge in [-0.3, -0.25) is 0 Å². The predicted octanol–water partition coefficient (Wildman–Crippen LogP) is 2.96. The molecule has 1 aromatic carbocycles. The van der Waals surface area contributed by atoms with Crippen LogP contribution >= 0.6 is 0 Å². The van der Waals surface area contributed by atoms with Crippen molar-refractivity contribution in [3.8, 4) is 11.4 Å². The van der Waals surface area contributed by atoms with Crippen LogP contribution in [-0.4, -0.2) is 15.1 Å². The van der Waals surface area contributed by atoms with Crippen LogP contribution in [0.4, 0.5) is 5.82 Å². The summed E-state index contributed by atoms with van der Waals surface area (Å²) in [6, 6.07) is 11.5. The molecule has 5 heteroatoms. The van der Waals surface area contributed by atoms with Gasteiger partial charge in [0, 0.05) is 23.7 Å². The lowest BCUT2D eigenvalue weighted by Crippen LogP contribution is -2.14. The average molecular weight is 270 g/mol. The molecule has 104 valence electrons. The van der Waals surface area contributed by atoms with Gasteiger partial charge < -0.3 is 16.2 Å². The number of aliphatic hydroxyl groups is 1. The smallest absolute Gasteiger partial charge is 0.161 e. The van der Waals surface area contributed by atoms with Gasteiger partial charge in [0.1, 0.15) is 17.4 Å². The second-order valence-electron chi connectivity index (χ2n) is 4.42. The number of hydrogen-bond donors (Lipinski definition) is 3. The van der Waals surface area contributed by atoms with Gasteiger partial charge in [0.05, 0.1) is 0 Å². The Kier molecular flexibility index (Phi) is 4.20. The summed E-state index contributed by atoms with van der Waals surface area (Å²) < 4.78 is 0. The lowest BCUT2D eigenvalue weighted by Gasteiger charge is -2.10. The van der Waals surface area contributed by atoms with Gasteiger partial charge in [-0.2, -0.15) is 0 Å². The van der Waals surface area contributed by atoms with Gasteiger partial charge in [-0.05, 0) is 6.92 Å². The van der Waals surface area contributed by atoms with Crippen molar-refractivity contribution in [2.24, 2.45) is 5.73 Å². The van der Waals surface area contributed by atoms with E-state index in [4.69, 9.17) is 5.73 Å². The van der Waals surface area contributed by atoms with E-state index in [1.807, 2.05) is 44.2 Å². The van der Waals surface area contributed by atoms with Gasteiger partial charge in [0.15, 0.2) is 5.82 Å². The number of anilines is 1. The van der Waals surface area contributed by atoms with Crippen LogP contribution in [0.15, 0.2) is 48.0 Å². The first-order chi connectivity index (χ1) is 9.60. The Morgan fingerprint density at radius 3 is 2.60 bits per heavy atom. The topological polar surface area (TPSA) is 84.1 Å². The van der Waals surface area contributed by atoms with Gasteiger partial charge in [-0.25, -0.2) is 9.97 Å². The minimum Gasteiger partial charge on any atom is -0.509 e. The highest BCUT2D eigenvalue weighted by molar-refractivity contribution is 5.58. The molecule has 2 rings (SSSR count). The van der Waals surface area contributed by atoms with Gasteiger partial charge in [0.2, 0.25) is 0 Å². The number of hydrogen-bond acceptors (Lipinski definition) is 5. The Morgan fingerprint density at radius 2 is 1.95 bits per heavy atom. The van der Waals surface area contributed by atoms with E-state index >= 15 is 0 Å². The van der Waals surface area contributed by atoms with Crippen molar-refractivity contribution >= 4 is 5.82 Å². The van der Waals surface area contributed by atoms with Crippen LogP contribution in [-0.2, 0) is 0 Å². The molecule has 1 aromatic heterocycles. The molecule has 0 bridgehead atoms. The zero-order valence-corrected chi connectivity index (χ0v) is 11.6. The third-order valence-electron chi connectivity index (χ3n) is 2.79. The Balaban J connectivity index is 2.35. The molecule has 20 heavy (non-hydrogen) atoms. The third-order valence-corrected chi connectivity index (χ3v) is 2.79. The third kappa shape index (κ3) is 3.26. The quantitative estimate of drug-likeness (QED) is 0.744. The molecule has 0 aliphatic rings. The summed E-state index contributed by atoms with van der Waals surface area (Å²) >= 11 is 0. The SMILES string of the molecule is CC/C(O)=C(/N)Nc1cc(C)nc(-c2ccccc2)n1. The van der Waals surface area contributed by atoms with Gasteiger partial charge >= 0.3 is 0 Å². The van der Waals surface area contributed by atoms with E-state index in [1.54, 1.807) is 6.07 Å². The normalized spacial score (nSPS) is 11.9. The number of nitrogens with one attached hydrogen (secondary N) is 1. The molecule has 0 saturated heterocycles. The molecule has 5 nitrogen and oxygen atoms in total. The highest BCUT2D eigenvalue weighted by Gasteiger charge is 2.06. The molecule has 0 saturated carbocycles. The first kappa shape index (κ1) is 13.9. The van der Waals surface area contributed by atoms with Crippen molar-refractivity contribution in [2.75, 3.05) is 5.32 Å². The maximum Gasteiger partial charge on any atom is 0.161 e. The highest BCUT2D eigenvalue weighted by atomic mass is 16.3. The van der Waals surface area contributed by atoms with Crippen molar-refractivity contribution in [3.05, 3.63) is 53.7 Å². The maximum atomic E-state index is 9.59. The van der Waals surface area contributed by atoms with E-state index in [2.05, 4.69) is 15.3 Å². The summed E-state index contributed by atoms with van der Waals surface area (Å²) in [5.74, 6) is 1.51. The zero-order chi connectivity index (χ0) is 14.5. The van der Waals surface area contributed by atoms with E-state index in [-0.39, 0.29) is 11.6 Å².